The van der Waals surface area contributed by atoms with E-state index in [1.54, 1.807) is 12.1 Å². The number of nitrogens with one attached hydrogen (secondary N) is 2. The molecule has 0 fully saturated rings. The maximum absolute atomic E-state index is 13.8. The highest BCUT2D eigenvalue weighted by atomic mass is 32.1. The van der Waals surface area contributed by atoms with E-state index in [2.05, 4.69) is 10.6 Å². The van der Waals surface area contributed by atoms with Crippen molar-refractivity contribution in [1.82, 2.24) is 10.6 Å². The van der Waals surface area contributed by atoms with Crippen LogP contribution in [0.4, 0.5) is 5.69 Å². The van der Waals surface area contributed by atoms with Crippen molar-refractivity contribution in [3.05, 3.63) is 87.1 Å². The van der Waals surface area contributed by atoms with Crippen LogP contribution in [0.2, 0.25) is 0 Å². The molecule has 36 heavy (non-hydrogen) atoms. The number of aryl methyl sites for hydroxylation is 3. The Morgan fingerprint density at radius 1 is 0.972 bits per heavy atom. The Kier molecular flexibility index (Phi) is 8.69. The van der Waals surface area contributed by atoms with Gasteiger partial charge in [-0.3, -0.25) is 19.3 Å². The molecular formula is C29H35N3O3S. The van der Waals surface area contributed by atoms with Crippen LogP contribution in [0.5, 0.6) is 0 Å². The van der Waals surface area contributed by atoms with Gasteiger partial charge < -0.3 is 10.6 Å². The monoisotopic (exact) mass is 505 g/mol. The van der Waals surface area contributed by atoms with Gasteiger partial charge in [-0.1, -0.05) is 60.5 Å². The molecule has 1 heterocycles. The number of nitrogens with zero attached hydrogens (tertiary/aromatic N) is 1. The lowest BCUT2D eigenvalue weighted by Crippen LogP contribution is -2.52. The number of hydrogen-bond donors (Lipinski definition) is 2. The quantitative estimate of drug-likeness (QED) is 0.404. The molecule has 0 aliphatic heterocycles. The first-order valence-electron chi connectivity index (χ1n) is 12.1. The van der Waals surface area contributed by atoms with Crippen molar-refractivity contribution in [3.63, 3.8) is 0 Å². The molecule has 0 spiro atoms. The Labute approximate surface area is 217 Å². The molecule has 0 bridgehead atoms. The Balaban J connectivity index is 2.07. The normalized spacial score (nSPS) is 12.1. The van der Waals surface area contributed by atoms with Crippen LogP contribution >= 0.6 is 11.3 Å². The zero-order valence-corrected chi connectivity index (χ0v) is 22.7. The van der Waals surface area contributed by atoms with Crippen LogP contribution in [0.15, 0.2) is 60.0 Å². The fraction of sp³-hybridized carbons (Fsp3) is 0.345. The Bertz CT molecular complexity index is 1220. The minimum absolute atomic E-state index is 0.239. The molecule has 190 valence electrons. The fourth-order valence-electron chi connectivity index (χ4n) is 3.89. The predicted octanol–water partition coefficient (Wildman–Crippen LogP) is 5.48. The predicted molar refractivity (Wildman–Crippen MR) is 146 cm³/mol. The van der Waals surface area contributed by atoms with Gasteiger partial charge >= 0.3 is 0 Å². The lowest BCUT2D eigenvalue weighted by molar-refractivity contribution is -0.127. The molecule has 3 rings (SSSR count). The van der Waals surface area contributed by atoms with E-state index in [4.69, 9.17) is 0 Å². The lowest BCUT2D eigenvalue weighted by atomic mass is 9.97. The van der Waals surface area contributed by atoms with Gasteiger partial charge in [-0.2, -0.15) is 0 Å². The minimum atomic E-state index is -0.913. The van der Waals surface area contributed by atoms with E-state index in [0.29, 0.717) is 16.1 Å². The van der Waals surface area contributed by atoms with Gasteiger partial charge in [0.2, 0.25) is 11.8 Å². The molecule has 0 saturated carbocycles. The summed E-state index contributed by atoms with van der Waals surface area (Å²) in [7, 11) is 0. The second-order valence-corrected chi connectivity index (χ2v) is 10.7. The number of thiophene rings is 1. The van der Waals surface area contributed by atoms with Crippen LogP contribution in [-0.2, 0) is 9.59 Å². The average molecular weight is 506 g/mol. The summed E-state index contributed by atoms with van der Waals surface area (Å²) >= 11 is 1.31. The highest BCUT2D eigenvalue weighted by Gasteiger charge is 2.35. The summed E-state index contributed by atoms with van der Waals surface area (Å²) in [5.74, 6) is -0.965. The van der Waals surface area contributed by atoms with Crippen LogP contribution in [0, 0.1) is 20.8 Å². The van der Waals surface area contributed by atoms with Crippen molar-refractivity contribution in [1.29, 1.82) is 0 Å². The summed E-state index contributed by atoms with van der Waals surface area (Å²) in [5, 5.41) is 7.66. The number of benzene rings is 2. The van der Waals surface area contributed by atoms with Crippen LogP contribution in [-0.4, -0.2) is 29.8 Å². The van der Waals surface area contributed by atoms with E-state index in [1.807, 2.05) is 89.4 Å². The van der Waals surface area contributed by atoms with Gasteiger partial charge in [0, 0.05) is 11.2 Å². The first-order chi connectivity index (χ1) is 17.0. The molecule has 0 unspecified atom stereocenters. The summed E-state index contributed by atoms with van der Waals surface area (Å²) < 4.78 is 0. The maximum Gasteiger partial charge on any atom is 0.261 e. The molecule has 7 heteroatoms. The highest BCUT2D eigenvalue weighted by Crippen LogP contribution is 2.32. The standard InChI is InChI=1S/C29H35N3O3S/c1-7-29(5,6)31-28(35)26(22-13-10-19(2)11-14-22)32(23-15-12-20(3)17-21(23)4)25(33)18-30-27(34)24-9-8-16-36-24/h8-17,26H,7,18H2,1-6H3,(H,30,34)(H,31,35)/t26-/m1/s1. The zero-order chi connectivity index (χ0) is 26.5. The largest absolute Gasteiger partial charge is 0.349 e. The number of amides is 3. The molecule has 0 saturated heterocycles. The lowest BCUT2D eigenvalue weighted by Gasteiger charge is -2.35. The Morgan fingerprint density at radius 2 is 1.64 bits per heavy atom. The zero-order valence-electron chi connectivity index (χ0n) is 21.8. The first-order valence-corrected chi connectivity index (χ1v) is 13.0. The molecule has 0 radical (unpaired) electrons. The number of anilines is 1. The topological polar surface area (TPSA) is 78.5 Å². The molecule has 3 amide bonds. The van der Waals surface area contributed by atoms with Crippen LogP contribution in [0.1, 0.15) is 65.2 Å². The molecule has 0 aliphatic rings. The first kappa shape index (κ1) is 27.1. The fourth-order valence-corrected chi connectivity index (χ4v) is 4.53. The summed E-state index contributed by atoms with van der Waals surface area (Å²) in [6.07, 6.45) is 0.730. The number of carbonyl (C=O) groups is 3. The van der Waals surface area contributed by atoms with Gasteiger partial charge in [0.25, 0.3) is 5.91 Å². The van der Waals surface area contributed by atoms with Crippen LogP contribution in [0.3, 0.4) is 0 Å². The summed E-state index contributed by atoms with van der Waals surface area (Å²) in [5.41, 5.74) is 3.85. The van der Waals surface area contributed by atoms with E-state index in [-0.39, 0.29) is 24.3 Å². The van der Waals surface area contributed by atoms with E-state index in [1.165, 1.54) is 16.2 Å². The second kappa shape index (κ2) is 11.5. The van der Waals surface area contributed by atoms with E-state index in [0.717, 1.165) is 23.1 Å². The van der Waals surface area contributed by atoms with Gasteiger partial charge in [-0.25, -0.2) is 0 Å². The molecule has 2 aromatic carbocycles. The third-order valence-electron chi connectivity index (χ3n) is 6.27. The van der Waals surface area contributed by atoms with Crippen molar-refractivity contribution in [3.8, 4) is 0 Å². The third-order valence-corrected chi connectivity index (χ3v) is 7.14. The third kappa shape index (κ3) is 6.61. The SMILES string of the molecule is CCC(C)(C)NC(=O)[C@@H](c1ccc(C)cc1)N(C(=O)CNC(=O)c1cccs1)c1ccc(C)cc1C. The summed E-state index contributed by atoms with van der Waals surface area (Å²) in [4.78, 5) is 42.3. The number of hydrogen-bond acceptors (Lipinski definition) is 4. The Morgan fingerprint density at radius 3 is 2.22 bits per heavy atom. The van der Waals surface area contributed by atoms with Gasteiger partial charge in [0.05, 0.1) is 11.4 Å². The minimum Gasteiger partial charge on any atom is -0.349 e. The van der Waals surface area contributed by atoms with Crippen molar-refractivity contribution in [2.45, 2.75) is 59.5 Å². The molecular weight excluding hydrogens is 470 g/mol. The van der Waals surface area contributed by atoms with Crippen LogP contribution < -0.4 is 15.5 Å². The summed E-state index contributed by atoms with van der Waals surface area (Å²) in [6.45, 7) is 11.6. The molecule has 2 N–H and O–H groups in total. The Hall–Kier alpha value is -3.45. The van der Waals surface area contributed by atoms with Crippen LogP contribution in [0.25, 0.3) is 0 Å². The van der Waals surface area contributed by atoms with E-state index in [9.17, 15) is 14.4 Å². The van der Waals surface area contributed by atoms with Crippen molar-refractivity contribution in [2.75, 3.05) is 11.4 Å². The second-order valence-electron chi connectivity index (χ2n) is 9.75. The smallest absolute Gasteiger partial charge is 0.261 e. The van der Waals surface area contributed by atoms with Crippen molar-refractivity contribution in [2.24, 2.45) is 0 Å². The molecule has 0 aliphatic carbocycles. The van der Waals surface area contributed by atoms with E-state index >= 15 is 0 Å². The maximum atomic E-state index is 13.8. The van der Waals surface area contributed by atoms with Gasteiger partial charge in [-0.15, -0.1) is 11.3 Å². The molecule has 1 atom stereocenters. The molecule has 3 aromatic rings. The van der Waals surface area contributed by atoms with Gasteiger partial charge in [0.1, 0.15) is 6.04 Å². The number of rotatable bonds is 9. The molecule has 1 aromatic heterocycles. The highest BCUT2D eigenvalue weighted by molar-refractivity contribution is 7.12. The summed E-state index contributed by atoms with van der Waals surface area (Å²) in [6, 6.07) is 16.0. The molecule has 6 nitrogen and oxygen atoms in total. The van der Waals surface area contributed by atoms with Crippen molar-refractivity contribution < 1.29 is 14.4 Å². The van der Waals surface area contributed by atoms with E-state index < -0.39 is 11.6 Å². The van der Waals surface area contributed by atoms with Crippen molar-refractivity contribution >= 4 is 34.7 Å². The number of carbonyl (C=O) groups excluding carboxylic acids is 3. The average Bonchev–Trinajstić information content (AvgIpc) is 3.37. The van der Waals surface area contributed by atoms with Gasteiger partial charge in [-0.05, 0) is 69.7 Å². The van der Waals surface area contributed by atoms with Gasteiger partial charge in [0.15, 0.2) is 0 Å².